The SMILES string of the molecule is C/C=C(/C)c1cccc(CN(C)Cc2ccc(C(C)(C)C)cc2)c1.Cl. The summed E-state index contributed by atoms with van der Waals surface area (Å²) in [4.78, 5) is 2.37. The van der Waals surface area contributed by atoms with Crippen molar-refractivity contribution in [2.45, 2.75) is 53.1 Å². The molecule has 136 valence electrons. The van der Waals surface area contributed by atoms with E-state index in [1.54, 1.807) is 0 Å². The van der Waals surface area contributed by atoms with Crippen LogP contribution < -0.4 is 0 Å². The molecule has 0 aliphatic carbocycles. The lowest BCUT2D eigenvalue weighted by molar-refractivity contribution is 0.319. The third-order valence-electron chi connectivity index (χ3n) is 4.54. The van der Waals surface area contributed by atoms with Gasteiger partial charge in [0.2, 0.25) is 0 Å². The fraction of sp³-hybridized carbons (Fsp3) is 0.391. The first-order valence-corrected chi connectivity index (χ1v) is 8.80. The lowest BCUT2D eigenvalue weighted by Crippen LogP contribution is -2.17. The highest BCUT2D eigenvalue weighted by Gasteiger charge is 2.13. The maximum Gasteiger partial charge on any atom is 0.0234 e. The summed E-state index contributed by atoms with van der Waals surface area (Å²) in [5, 5.41) is 0. The van der Waals surface area contributed by atoms with Crippen LogP contribution in [0.4, 0.5) is 0 Å². The summed E-state index contributed by atoms with van der Waals surface area (Å²) < 4.78 is 0. The second-order valence-corrected chi connectivity index (χ2v) is 7.79. The van der Waals surface area contributed by atoms with Gasteiger partial charge in [-0.15, -0.1) is 12.4 Å². The van der Waals surface area contributed by atoms with Crippen LogP contribution in [-0.2, 0) is 18.5 Å². The number of allylic oxidation sites excluding steroid dienone is 2. The third-order valence-corrected chi connectivity index (χ3v) is 4.54. The van der Waals surface area contributed by atoms with Gasteiger partial charge in [-0.1, -0.05) is 75.4 Å². The first kappa shape index (κ1) is 21.5. The zero-order chi connectivity index (χ0) is 17.7. The lowest BCUT2D eigenvalue weighted by atomic mass is 9.87. The molecule has 0 spiro atoms. The molecule has 0 unspecified atom stereocenters. The molecule has 0 aromatic heterocycles. The lowest BCUT2D eigenvalue weighted by Gasteiger charge is -2.21. The maximum atomic E-state index is 2.37. The summed E-state index contributed by atoms with van der Waals surface area (Å²) in [6.07, 6.45) is 2.17. The normalized spacial score (nSPS) is 12.2. The van der Waals surface area contributed by atoms with Crippen LogP contribution >= 0.6 is 12.4 Å². The van der Waals surface area contributed by atoms with Crippen LogP contribution in [0.25, 0.3) is 5.57 Å². The van der Waals surface area contributed by atoms with Gasteiger partial charge in [0.1, 0.15) is 0 Å². The minimum absolute atomic E-state index is 0. The van der Waals surface area contributed by atoms with Crippen LogP contribution in [0.1, 0.15) is 56.9 Å². The third kappa shape index (κ3) is 6.34. The first-order chi connectivity index (χ1) is 11.3. The molecular weight excluding hydrogens is 326 g/mol. The van der Waals surface area contributed by atoms with Crippen LogP contribution in [0.15, 0.2) is 54.6 Å². The molecule has 0 aliphatic rings. The van der Waals surface area contributed by atoms with E-state index in [-0.39, 0.29) is 17.8 Å². The molecule has 0 heterocycles. The molecule has 25 heavy (non-hydrogen) atoms. The second kappa shape index (κ2) is 9.22. The van der Waals surface area contributed by atoms with Crippen LogP contribution in [0.5, 0.6) is 0 Å². The van der Waals surface area contributed by atoms with Gasteiger partial charge in [-0.3, -0.25) is 4.90 Å². The van der Waals surface area contributed by atoms with Crippen molar-refractivity contribution in [1.29, 1.82) is 0 Å². The molecule has 1 nitrogen and oxygen atoms in total. The van der Waals surface area contributed by atoms with E-state index in [1.165, 1.54) is 27.8 Å². The molecule has 0 saturated carbocycles. The molecule has 0 bridgehead atoms. The summed E-state index contributed by atoms with van der Waals surface area (Å²) in [5.41, 5.74) is 6.99. The van der Waals surface area contributed by atoms with E-state index in [4.69, 9.17) is 0 Å². The fourth-order valence-electron chi connectivity index (χ4n) is 2.87. The molecule has 0 fully saturated rings. The Morgan fingerprint density at radius 1 is 0.960 bits per heavy atom. The number of hydrogen-bond donors (Lipinski definition) is 0. The van der Waals surface area contributed by atoms with E-state index in [0.29, 0.717) is 0 Å². The minimum Gasteiger partial charge on any atom is -0.298 e. The van der Waals surface area contributed by atoms with E-state index in [2.05, 4.69) is 101 Å². The van der Waals surface area contributed by atoms with Gasteiger partial charge in [-0.25, -0.2) is 0 Å². The highest BCUT2D eigenvalue weighted by atomic mass is 35.5. The predicted octanol–water partition coefficient (Wildman–Crippen LogP) is 6.46. The quantitative estimate of drug-likeness (QED) is 0.593. The fourth-order valence-corrected chi connectivity index (χ4v) is 2.87. The standard InChI is InChI=1S/C23H31N.ClH/c1-7-18(2)21-10-8-9-20(15-21)17-24(6)16-19-11-13-22(14-12-19)23(3,4)5;/h7-15H,16-17H2,1-6H3;1H/b18-7-;. The Bertz CT molecular complexity index is 693. The Hall–Kier alpha value is -1.57. The molecule has 2 rings (SSSR count). The molecule has 0 amide bonds. The Morgan fingerprint density at radius 2 is 1.56 bits per heavy atom. The van der Waals surface area contributed by atoms with E-state index in [1.807, 2.05) is 0 Å². The van der Waals surface area contributed by atoms with Crippen LogP contribution in [0.2, 0.25) is 0 Å². The second-order valence-electron chi connectivity index (χ2n) is 7.79. The van der Waals surface area contributed by atoms with Crippen molar-refractivity contribution in [2.24, 2.45) is 0 Å². The average molecular weight is 358 g/mol. The van der Waals surface area contributed by atoms with Gasteiger partial charge in [-0.2, -0.15) is 0 Å². The Morgan fingerprint density at radius 3 is 2.12 bits per heavy atom. The minimum atomic E-state index is 0. The molecular formula is C23H32ClN. The topological polar surface area (TPSA) is 3.24 Å². The van der Waals surface area contributed by atoms with Crippen molar-refractivity contribution in [3.05, 3.63) is 76.9 Å². The van der Waals surface area contributed by atoms with Gasteiger partial charge in [0.15, 0.2) is 0 Å². The zero-order valence-electron chi connectivity index (χ0n) is 16.5. The van der Waals surface area contributed by atoms with E-state index < -0.39 is 0 Å². The molecule has 0 saturated heterocycles. The molecule has 2 heteroatoms. The number of nitrogens with zero attached hydrogens (tertiary/aromatic N) is 1. The largest absolute Gasteiger partial charge is 0.298 e. The van der Waals surface area contributed by atoms with E-state index in [9.17, 15) is 0 Å². The Kier molecular flexibility index (Phi) is 7.92. The molecule has 0 atom stereocenters. The summed E-state index contributed by atoms with van der Waals surface area (Å²) in [7, 11) is 2.19. The van der Waals surface area contributed by atoms with E-state index in [0.717, 1.165) is 13.1 Å². The van der Waals surface area contributed by atoms with Gasteiger partial charge >= 0.3 is 0 Å². The number of hydrogen-bond acceptors (Lipinski definition) is 1. The van der Waals surface area contributed by atoms with Gasteiger partial charge in [0, 0.05) is 13.1 Å². The van der Waals surface area contributed by atoms with Crippen molar-refractivity contribution in [2.75, 3.05) is 7.05 Å². The van der Waals surface area contributed by atoms with Gasteiger partial charge in [0.25, 0.3) is 0 Å². The van der Waals surface area contributed by atoms with Crippen molar-refractivity contribution in [3.8, 4) is 0 Å². The van der Waals surface area contributed by atoms with Crippen molar-refractivity contribution in [1.82, 2.24) is 4.90 Å². The zero-order valence-corrected chi connectivity index (χ0v) is 17.3. The molecule has 2 aromatic carbocycles. The number of rotatable bonds is 5. The Labute approximate surface area is 160 Å². The summed E-state index contributed by atoms with van der Waals surface area (Å²) >= 11 is 0. The van der Waals surface area contributed by atoms with Crippen LogP contribution in [0, 0.1) is 0 Å². The smallest absolute Gasteiger partial charge is 0.0234 e. The average Bonchev–Trinajstić information content (AvgIpc) is 2.54. The maximum absolute atomic E-state index is 2.37. The Balaban J connectivity index is 0.00000312. The molecule has 2 aromatic rings. The summed E-state index contributed by atoms with van der Waals surface area (Å²) in [5.74, 6) is 0. The van der Waals surface area contributed by atoms with Crippen molar-refractivity contribution < 1.29 is 0 Å². The monoisotopic (exact) mass is 357 g/mol. The molecule has 0 radical (unpaired) electrons. The van der Waals surface area contributed by atoms with Gasteiger partial charge in [0.05, 0.1) is 0 Å². The van der Waals surface area contributed by atoms with Crippen molar-refractivity contribution >= 4 is 18.0 Å². The summed E-state index contributed by atoms with van der Waals surface area (Å²) in [6, 6.07) is 17.9. The molecule has 0 aliphatic heterocycles. The highest BCUT2D eigenvalue weighted by Crippen LogP contribution is 2.22. The molecule has 0 N–H and O–H groups in total. The first-order valence-electron chi connectivity index (χ1n) is 8.80. The number of benzene rings is 2. The van der Waals surface area contributed by atoms with E-state index >= 15 is 0 Å². The predicted molar refractivity (Wildman–Crippen MR) is 113 cm³/mol. The van der Waals surface area contributed by atoms with Crippen LogP contribution in [0.3, 0.4) is 0 Å². The van der Waals surface area contributed by atoms with Crippen LogP contribution in [-0.4, -0.2) is 11.9 Å². The van der Waals surface area contributed by atoms with Crippen molar-refractivity contribution in [3.63, 3.8) is 0 Å². The van der Waals surface area contributed by atoms with Gasteiger partial charge < -0.3 is 0 Å². The highest BCUT2D eigenvalue weighted by molar-refractivity contribution is 5.85. The summed E-state index contributed by atoms with van der Waals surface area (Å²) in [6.45, 7) is 13.0. The number of halogens is 1. The van der Waals surface area contributed by atoms with Gasteiger partial charge in [-0.05, 0) is 54.1 Å².